The molecule has 0 saturated carbocycles. The van der Waals surface area contributed by atoms with E-state index in [1.165, 1.54) is 0 Å². The number of nitriles is 1. The summed E-state index contributed by atoms with van der Waals surface area (Å²) in [5.74, 6) is 1.18. The van der Waals surface area contributed by atoms with Gasteiger partial charge >= 0.3 is 0 Å². The van der Waals surface area contributed by atoms with E-state index in [4.69, 9.17) is 26.2 Å². The first-order valence-electron chi connectivity index (χ1n) is 7.69. The number of aromatic hydroxyl groups is 1. The third kappa shape index (κ3) is 2.86. The summed E-state index contributed by atoms with van der Waals surface area (Å²) >= 11 is 0. The van der Waals surface area contributed by atoms with Gasteiger partial charge in [0.2, 0.25) is 5.88 Å². The fourth-order valence-electron chi connectivity index (χ4n) is 2.40. The minimum atomic E-state index is 0.0233. The standard InChI is InChI=1S/C15H14N4O3.C2H6/c1-2-21-12-5-11-7(4-10(12)20)3-8-13(17)9(6-16)14(18)19-15(8)22-11;1-2/h4-5,20H,2-3H2,1H3,(H4,17,18,19);1-2H3. The van der Waals surface area contributed by atoms with E-state index in [9.17, 15) is 5.11 Å². The minimum absolute atomic E-state index is 0.0233. The van der Waals surface area contributed by atoms with Crippen LogP contribution in [0.25, 0.3) is 0 Å². The van der Waals surface area contributed by atoms with Gasteiger partial charge in [-0.25, -0.2) is 0 Å². The van der Waals surface area contributed by atoms with Crippen molar-refractivity contribution < 1.29 is 14.6 Å². The predicted molar refractivity (Wildman–Crippen MR) is 91.3 cm³/mol. The van der Waals surface area contributed by atoms with Gasteiger partial charge < -0.3 is 26.0 Å². The van der Waals surface area contributed by atoms with E-state index in [1.54, 1.807) is 12.1 Å². The highest BCUT2D eigenvalue weighted by molar-refractivity contribution is 5.72. The number of aromatic nitrogens is 1. The number of hydrogen-bond acceptors (Lipinski definition) is 7. The van der Waals surface area contributed by atoms with Crippen LogP contribution in [0.15, 0.2) is 12.1 Å². The van der Waals surface area contributed by atoms with Gasteiger partial charge in [-0.3, -0.25) is 0 Å². The second kappa shape index (κ2) is 6.96. The number of anilines is 2. The van der Waals surface area contributed by atoms with Crippen molar-refractivity contribution in [1.82, 2.24) is 4.98 Å². The van der Waals surface area contributed by atoms with Crippen molar-refractivity contribution in [2.75, 3.05) is 18.1 Å². The molecule has 2 heterocycles. The van der Waals surface area contributed by atoms with E-state index < -0.39 is 0 Å². The molecule has 0 spiro atoms. The van der Waals surface area contributed by atoms with Crippen molar-refractivity contribution in [2.24, 2.45) is 0 Å². The van der Waals surface area contributed by atoms with Gasteiger partial charge in [-0.15, -0.1) is 0 Å². The summed E-state index contributed by atoms with van der Waals surface area (Å²) in [5, 5.41) is 19.0. The number of phenolic OH excluding ortho intramolecular Hbond substituents is 1. The molecule has 7 nitrogen and oxygen atoms in total. The lowest BCUT2D eigenvalue weighted by molar-refractivity contribution is 0.315. The van der Waals surface area contributed by atoms with Crippen molar-refractivity contribution in [3.05, 3.63) is 28.8 Å². The summed E-state index contributed by atoms with van der Waals surface area (Å²) < 4.78 is 11.0. The van der Waals surface area contributed by atoms with Crippen LogP contribution in [0.3, 0.4) is 0 Å². The molecule has 0 saturated heterocycles. The average Bonchev–Trinajstić information content (AvgIpc) is 2.57. The van der Waals surface area contributed by atoms with Gasteiger partial charge in [-0.1, -0.05) is 13.8 Å². The molecule has 1 aromatic carbocycles. The van der Waals surface area contributed by atoms with Crippen LogP contribution in [0.1, 0.15) is 37.5 Å². The molecule has 1 aliphatic rings. The number of nitrogens with two attached hydrogens (primary N) is 2. The van der Waals surface area contributed by atoms with Crippen LogP contribution in [-0.2, 0) is 6.42 Å². The Bertz CT molecular complexity index is 813. The number of pyridine rings is 1. The molecule has 1 aliphatic heterocycles. The molecule has 0 atom stereocenters. The molecule has 0 radical (unpaired) electrons. The molecule has 0 aliphatic carbocycles. The molecule has 0 bridgehead atoms. The van der Waals surface area contributed by atoms with Gasteiger partial charge in [0.25, 0.3) is 0 Å². The van der Waals surface area contributed by atoms with Gasteiger partial charge in [-0.05, 0) is 13.0 Å². The highest BCUT2D eigenvalue weighted by atomic mass is 16.5. The third-order valence-electron chi connectivity index (χ3n) is 3.46. The molecule has 0 unspecified atom stereocenters. The Labute approximate surface area is 140 Å². The first-order chi connectivity index (χ1) is 11.5. The van der Waals surface area contributed by atoms with Gasteiger partial charge in [-0.2, -0.15) is 10.2 Å². The van der Waals surface area contributed by atoms with Crippen LogP contribution in [-0.4, -0.2) is 16.7 Å². The van der Waals surface area contributed by atoms with Crippen molar-refractivity contribution >= 4 is 11.5 Å². The topological polar surface area (TPSA) is 127 Å². The van der Waals surface area contributed by atoms with E-state index in [0.717, 1.165) is 5.56 Å². The first kappa shape index (κ1) is 17.2. The number of phenols is 1. The number of rotatable bonds is 2. The van der Waals surface area contributed by atoms with Crippen LogP contribution in [0.4, 0.5) is 11.5 Å². The van der Waals surface area contributed by atoms with Gasteiger partial charge in [0.15, 0.2) is 11.5 Å². The fourth-order valence-corrected chi connectivity index (χ4v) is 2.40. The van der Waals surface area contributed by atoms with Crippen LogP contribution in [0.5, 0.6) is 23.1 Å². The molecular weight excluding hydrogens is 308 g/mol. The minimum Gasteiger partial charge on any atom is -0.504 e. The lowest BCUT2D eigenvalue weighted by Gasteiger charge is -2.22. The van der Waals surface area contributed by atoms with Crippen molar-refractivity contribution in [2.45, 2.75) is 27.2 Å². The molecule has 0 amide bonds. The van der Waals surface area contributed by atoms with Crippen LogP contribution in [0.2, 0.25) is 0 Å². The van der Waals surface area contributed by atoms with E-state index in [0.29, 0.717) is 30.1 Å². The smallest absolute Gasteiger partial charge is 0.226 e. The SMILES string of the molecule is CC.CCOc1cc2c(cc1O)Cc1c(nc(N)c(C#N)c1N)O2. The van der Waals surface area contributed by atoms with E-state index in [1.807, 2.05) is 26.8 Å². The Kier molecular flexibility index (Phi) is 4.99. The molecule has 126 valence electrons. The monoisotopic (exact) mass is 328 g/mol. The number of benzene rings is 1. The van der Waals surface area contributed by atoms with Gasteiger partial charge in [0, 0.05) is 23.6 Å². The lowest BCUT2D eigenvalue weighted by atomic mass is 9.98. The summed E-state index contributed by atoms with van der Waals surface area (Å²) in [4.78, 5) is 4.09. The zero-order chi connectivity index (χ0) is 17.9. The molecule has 24 heavy (non-hydrogen) atoms. The number of nitrogen functional groups attached to an aromatic ring is 2. The summed E-state index contributed by atoms with van der Waals surface area (Å²) in [6.45, 7) is 6.24. The molecule has 2 aromatic rings. The quantitative estimate of drug-likeness (QED) is 0.659. The highest BCUT2D eigenvalue weighted by Crippen LogP contribution is 2.44. The first-order valence-corrected chi connectivity index (χ1v) is 7.69. The number of hydrogen-bond donors (Lipinski definition) is 3. The second-order valence-corrected chi connectivity index (χ2v) is 4.82. The van der Waals surface area contributed by atoms with Gasteiger partial charge in [0.1, 0.15) is 23.2 Å². The van der Waals surface area contributed by atoms with Crippen molar-refractivity contribution in [3.8, 4) is 29.2 Å². The summed E-state index contributed by atoms with van der Waals surface area (Å²) in [7, 11) is 0. The van der Waals surface area contributed by atoms with Crippen molar-refractivity contribution in [3.63, 3.8) is 0 Å². The molecule has 0 fully saturated rings. The molecule has 1 aromatic heterocycles. The number of fused-ring (bicyclic) bond motifs is 2. The summed E-state index contributed by atoms with van der Waals surface area (Å²) in [6.07, 6.45) is 0.387. The third-order valence-corrected chi connectivity index (χ3v) is 3.46. The Morgan fingerprint density at radius 2 is 2.08 bits per heavy atom. The zero-order valence-electron chi connectivity index (χ0n) is 13.9. The Hall–Kier alpha value is -3.14. The maximum atomic E-state index is 9.96. The Morgan fingerprint density at radius 1 is 1.38 bits per heavy atom. The Morgan fingerprint density at radius 3 is 2.71 bits per heavy atom. The van der Waals surface area contributed by atoms with Crippen LogP contribution in [0, 0.1) is 11.3 Å². The van der Waals surface area contributed by atoms with Crippen LogP contribution >= 0.6 is 0 Å². The summed E-state index contributed by atoms with van der Waals surface area (Å²) in [6, 6.07) is 5.10. The largest absolute Gasteiger partial charge is 0.504 e. The average molecular weight is 328 g/mol. The van der Waals surface area contributed by atoms with E-state index in [-0.39, 0.29) is 28.7 Å². The zero-order valence-corrected chi connectivity index (χ0v) is 13.9. The summed E-state index contributed by atoms with van der Waals surface area (Å²) in [5.41, 5.74) is 13.4. The maximum Gasteiger partial charge on any atom is 0.226 e. The molecular formula is C17H20N4O3. The van der Waals surface area contributed by atoms with Crippen molar-refractivity contribution in [1.29, 1.82) is 5.26 Å². The van der Waals surface area contributed by atoms with Crippen LogP contribution < -0.4 is 20.9 Å². The number of nitrogens with zero attached hydrogens (tertiary/aromatic N) is 2. The predicted octanol–water partition coefficient (Wildman–Crippen LogP) is 2.94. The van der Waals surface area contributed by atoms with E-state index >= 15 is 0 Å². The van der Waals surface area contributed by atoms with Gasteiger partial charge in [0.05, 0.1) is 12.3 Å². The maximum absolute atomic E-state index is 9.96. The number of ether oxygens (including phenoxy) is 2. The highest BCUT2D eigenvalue weighted by Gasteiger charge is 2.25. The normalized spacial score (nSPS) is 11.1. The van der Waals surface area contributed by atoms with E-state index in [2.05, 4.69) is 4.98 Å². The molecule has 7 heteroatoms. The molecule has 3 rings (SSSR count). The fraction of sp³-hybridized carbons (Fsp3) is 0.294. The second-order valence-electron chi connectivity index (χ2n) is 4.82. The molecule has 5 N–H and O–H groups in total. The Balaban J connectivity index is 0.00000100. The lowest BCUT2D eigenvalue weighted by Crippen LogP contribution is -2.12.